The molecule has 0 aliphatic heterocycles. The van der Waals surface area contributed by atoms with Crippen molar-refractivity contribution in [2.24, 2.45) is 0 Å². The molecule has 1 heterocycles. The second kappa shape index (κ2) is 3.51. The lowest BCUT2D eigenvalue weighted by molar-refractivity contribution is 0.0691. The molecule has 0 fully saturated rings. The summed E-state index contributed by atoms with van der Waals surface area (Å²) in [4.78, 5) is 14.7. The van der Waals surface area contributed by atoms with Gasteiger partial charge in [0.05, 0.1) is 10.5 Å². The summed E-state index contributed by atoms with van der Waals surface area (Å²) in [6.45, 7) is 1.93. The molecule has 3 nitrogen and oxygen atoms in total. The molecule has 1 aromatic heterocycles. The van der Waals surface area contributed by atoms with Crippen molar-refractivity contribution in [2.75, 3.05) is 0 Å². The Morgan fingerprint density at radius 3 is 2.80 bits per heavy atom. The predicted molar refractivity (Wildman–Crippen MR) is 58.4 cm³/mol. The number of aromatic carboxylic acids is 1. The smallest absolute Gasteiger partial charge is 0.354 e. The van der Waals surface area contributed by atoms with Crippen molar-refractivity contribution < 1.29 is 9.90 Å². The second-order valence-electron chi connectivity index (χ2n) is 3.32. The largest absolute Gasteiger partial charge is 0.477 e. The molecule has 0 radical (unpaired) electrons. The summed E-state index contributed by atoms with van der Waals surface area (Å²) in [7, 11) is 0. The van der Waals surface area contributed by atoms with Crippen LogP contribution in [0.1, 0.15) is 16.1 Å². The zero-order chi connectivity index (χ0) is 11.0. The number of hydrogen-bond donors (Lipinski definition) is 1. The van der Waals surface area contributed by atoms with Crippen molar-refractivity contribution in [3.8, 4) is 0 Å². The van der Waals surface area contributed by atoms with E-state index in [-0.39, 0.29) is 5.69 Å². The van der Waals surface area contributed by atoms with Crippen LogP contribution in [-0.4, -0.2) is 16.1 Å². The third-order valence-corrected chi connectivity index (χ3v) is 2.40. The number of fused-ring (bicyclic) bond motifs is 1. The van der Waals surface area contributed by atoms with E-state index in [2.05, 4.69) is 4.98 Å². The van der Waals surface area contributed by atoms with Crippen LogP contribution < -0.4 is 0 Å². The molecule has 0 unspecified atom stereocenters. The summed E-state index contributed by atoms with van der Waals surface area (Å²) >= 11 is 5.98. The Morgan fingerprint density at radius 1 is 1.40 bits per heavy atom. The van der Waals surface area contributed by atoms with E-state index in [0.29, 0.717) is 10.5 Å². The van der Waals surface area contributed by atoms with Gasteiger partial charge in [-0.3, -0.25) is 0 Å². The monoisotopic (exact) mass is 221 g/mol. The lowest BCUT2D eigenvalue weighted by atomic mass is 10.1. The number of nitrogens with zero attached hydrogens (tertiary/aromatic N) is 1. The Labute approximate surface area is 91.3 Å². The Bertz CT molecular complexity index is 552. The van der Waals surface area contributed by atoms with E-state index in [4.69, 9.17) is 16.7 Å². The molecule has 1 aromatic carbocycles. The third-order valence-electron chi connectivity index (χ3n) is 2.11. The summed E-state index contributed by atoms with van der Waals surface area (Å²) < 4.78 is 0. The first kappa shape index (κ1) is 9.93. The van der Waals surface area contributed by atoms with Crippen molar-refractivity contribution in [3.05, 3.63) is 40.5 Å². The molecule has 1 N–H and O–H groups in total. The summed E-state index contributed by atoms with van der Waals surface area (Å²) in [6.07, 6.45) is 0. The Kier molecular flexibility index (Phi) is 2.32. The molecular formula is C11H8ClNO2. The second-order valence-corrected chi connectivity index (χ2v) is 3.73. The Morgan fingerprint density at radius 2 is 2.13 bits per heavy atom. The fourth-order valence-corrected chi connectivity index (χ4v) is 1.78. The molecule has 15 heavy (non-hydrogen) atoms. The maximum Gasteiger partial charge on any atom is 0.354 e. The molecular weight excluding hydrogens is 214 g/mol. The van der Waals surface area contributed by atoms with Gasteiger partial charge in [0.15, 0.2) is 0 Å². The molecule has 4 heteroatoms. The number of pyridine rings is 1. The van der Waals surface area contributed by atoms with Crippen LogP contribution >= 0.6 is 11.6 Å². The SMILES string of the molecule is Cc1cc(Cl)c2nc(C(=O)O)ccc2c1. The van der Waals surface area contributed by atoms with Gasteiger partial charge in [-0.25, -0.2) is 9.78 Å². The van der Waals surface area contributed by atoms with Crippen LogP contribution in [0.5, 0.6) is 0 Å². The molecule has 2 aromatic rings. The van der Waals surface area contributed by atoms with E-state index in [9.17, 15) is 4.79 Å². The number of carbonyl (C=O) groups is 1. The molecule has 0 aliphatic rings. The van der Waals surface area contributed by atoms with Crippen molar-refractivity contribution in [2.45, 2.75) is 6.92 Å². The van der Waals surface area contributed by atoms with Crippen LogP contribution in [0.4, 0.5) is 0 Å². The van der Waals surface area contributed by atoms with Crippen LogP contribution in [0.25, 0.3) is 10.9 Å². The number of halogens is 1. The van der Waals surface area contributed by atoms with Gasteiger partial charge in [0, 0.05) is 5.39 Å². The lowest BCUT2D eigenvalue weighted by Gasteiger charge is -2.02. The average Bonchev–Trinajstić information content (AvgIpc) is 2.16. The number of aromatic nitrogens is 1. The van der Waals surface area contributed by atoms with Crippen LogP contribution in [0.3, 0.4) is 0 Å². The van der Waals surface area contributed by atoms with Gasteiger partial charge in [0.25, 0.3) is 0 Å². The molecule has 2 rings (SSSR count). The highest BCUT2D eigenvalue weighted by Gasteiger charge is 2.07. The normalized spacial score (nSPS) is 10.5. The van der Waals surface area contributed by atoms with Crippen molar-refractivity contribution in [3.63, 3.8) is 0 Å². The van der Waals surface area contributed by atoms with E-state index in [1.807, 2.05) is 13.0 Å². The van der Waals surface area contributed by atoms with Gasteiger partial charge < -0.3 is 5.11 Å². The predicted octanol–water partition coefficient (Wildman–Crippen LogP) is 2.89. The standard InChI is InChI=1S/C11H8ClNO2/c1-6-4-7-2-3-9(11(14)15)13-10(7)8(12)5-6/h2-5H,1H3,(H,14,15). The van der Waals surface area contributed by atoms with E-state index in [0.717, 1.165) is 10.9 Å². The minimum absolute atomic E-state index is 0.00764. The Hall–Kier alpha value is -1.61. The van der Waals surface area contributed by atoms with Crippen molar-refractivity contribution in [1.29, 1.82) is 0 Å². The van der Waals surface area contributed by atoms with Gasteiger partial charge in [0.2, 0.25) is 0 Å². The lowest BCUT2D eigenvalue weighted by Crippen LogP contribution is -1.99. The number of carboxylic acid groups (broad SMARTS) is 1. The van der Waals surface area contributed by atoms with Gasteiger partial charge in [-0.15, -0.1) is 0 Å². The third kappa shape index (κ3) is 1.78. The highest BCUT2D eigenvalue weighted by atomic mass is 35.5. The van der Waals surface area contributed by atoms with Crippen LogP contribution in [0.2, 0.25) is 5.02 Å². The summed E-state index contributed by atoms with van der Waals surface area (Å²) in [5.41, 5.74) is 1.56. The first-order valence-corrected chi connectivity index (χ1v) is 4.76. The van der Waals surface area contributed by atoms with Crippen LogP contribution in [-0.2, 0) is 0 Å². The molecule has 0 saturated heterocycles. The Balaban J connectivity index is 2.76. The van der Waals surface area contributed by atoms with Gasteiger partial charge in [-0.05, 0) is 30.7 Å². The number of carboxylic acids is 1. The molecule has 76 valence electrons. The number of hydrogen-bond acceptors (Lipinski definition) is 2. The minimum Gasteiger partial charge on any atom is -0.477 e. The number of benzene rings is 1. The molecule has 0 aliphatic carbocycles. The highest BCUT2D eigenvalue weighted by molar-refractivity contribution is 6.35. The molecule has 0 saturated carbocycles. The fraction of sp³-hybridized carbons (Fsp3) is 0.0909. The minimum atomic E-state index is -1.05. The first-order chi connectivity index (χ1) is 7.08. The zero-order valence-corrected chi connectivity index (χ0v) is 8.75. The van der Waals surface area contributed by atoms with E-state index < -0.39 is 5.97 Å². The van der Waals surface area contributed by atoms with Gasteiger partial charge in [-0.2, -0.15) is 0 Å². The topological polar surface area (TPSA) is 50.2 Å². The average molecular weight is 222 g/mol. The summed E-state index contributed by atoms with van der Waals surface area (Å²) in [6, 6.07) is 6.87. The number of rotatable bonds is 1. The van der Waals surface area contributed by atoms with Crippen LogP contribution in [0.15, 0.2) is 24.3 Å². The van der Waals surface area contributed by atoms with Crippen molar-refractivity contribution >= 4 is 28.5 Å². The highest BCUT2D eigenvalue weighted by Crippen LogP contribution is 2.23. The van der Waals surface area contributed by atoms with E-state index >= 15 is 0 Å². The van der Waals surface area contributed by atoms with Crippen LogP contribution in [0, 0.1) is 6.92 Å². The maximum atomic E-state index is 10.7. The van der Waals surface area contributed by atoms with Gasteiger partial charge in [0.1, 0.15) is 5.69 Å². The first-order valence-electron chi connectivity index (χ1n) is 4.38. The number of aryl methyl sites for hydroxylation is 1. The molecule has 0 atom stereocenters. The molecule has 0 bridgehead atoms. The quantitative estimate of drug-likeness (QED) is 0.806. The summed E-state index contributed by atoms with van der Waals surface area (Å²) in [5, 5.41) is 10.1. The summed E-state index contributed by atoms with van der Waals surface area (Å²) in [5.74, 6) is -1.05. The fourth-order valence-electron chi connectivity index (χ4n) is 1.45. The van der Waals surface area contributed by atoms with E-state index in [1.165, 1.54) is 6.07 Å². The van der Waals surface area contributed by atoms with Gasteiger partial charge >= 0.3 is 5.97 Å². The van der Waals surface area contributed by atoms with Crippen molar-refractivity contribution in [1.82, 2.24) is 4.98 Å². The molecule has 0 amide bonds. The zero-order valence-electron chi connectivity index (χ0n) is 7.99. The molecule has 0 spiro atoms. The van der Waals surface area contributed by atoms with E-state index in [1.54, 1.807) is 12.1 Å². The maximum absolute atomic E-state index is 10.7. The van der Waals surface area contributed by atoms with Gasteiger partial charge in [-0.1, -0.05) is 17.7 Å².